The highest BCUT2D eigenvalue weighted by Crippen LogP contribution is 2.36. The van der Waals surface area contributed by atoms with Crippen LogP contribution in [-0.2, 0) is 4.74 Å². The van der Waals surface area contributed by atoms with Crippen LogP contribution in [0.15, 0.2) is 0 Å². The molecule has 0 aliphatic carbocycles. The zero-order chi connectivity index (χ0) is 7.57. The van der Waals surface area contributed by atoms with E-state index >= 15 is 0 Å². The van der Waals surface area contributed by atoms with Crippen molar-refractivity contribution in [1.82, 2.24) is 5.32 Å². The van der Waals surface area contributed by atoms with Gasteiger partial charge in [0, 0.05) is 6.61 Å². The van der Waals surface area contributed by atoms with Crippen molar-refractivity contribution in [3.05, 3.63) is 0 Å². The highest BCUT2D eigenvalue weighted by atomic mass is 16.5. The summed E-state index contributed by atoms with van der Waals surface area (Å²) in [7, 11) is 0. The molecule has 0 saturated carbocycles. The van der Waals surface area contributed by atoms with E-state index in [9.17, 15) is 0 Å². The Morgan fingerprint density at radius 3 is 2.55 bits per heavy atom. The quantitative estimate of drug-likeness (QED) is 0.567. The van der Waals surface area contributed by atoms with Crippen LogP contribution >= 0.6 is 0 Å². The van der Waals surface area contributed by atoms with Crippen molar-refractivity contribution < 1.29 is 4.74 Å². The second-order valence-electron chi connectivity index (χ2n) is 3.91. The first-order chi connectivity index (χ1) is 5.41. The van der Waals surface area contributed by atoms with E-state index in [0.29, 0.717) is 5.41 Å². The van der Waals surface area contributed by atoms with Gasteiger partial charge in [-0.3, -0.25) is 0 Å². The molecule has 0 bridgehead atoms. The van der Waals surface area contributed by atoms with Crippen LogP contribution in [0.2, 0.25) is 0 Å². The second kappa shape index (κ2) is 3.11. The Bertz CT molecular complexity index is 104. The maximum absolute atomic E-state index is 5.54. The minimum atomic E-state index is 0.573. The highest BCUT2D eigenvalue weighted by Gasteiger charge is 2.33. The van der Waals surface area contributed by atoms with E-state index in [2.05, 4.69) is 5.32 Å². The molecule has 64 valence electrons. The smallest absolute Gasteiger partial charge is 0.0523 e. The zero-order valence-corrected chi connectivity index (χ0v) is 7.07. The van der Waals surface area contributed by atoms with Crippen LogP contribution < -0.4 is 5.32 Å². The molecule has 0 amide bonds. The molecular formula is C9H17NO. The van der Waals surface area contributed by atoms with Crippen molar-refractivity contribution in [3.63, 3.8) is 0 Å². The van der Waals surface area contributed by atoms with E-state index in [1.54, 1.807) is 0 Å². The van der Waals surface area contributed by atoms with Crippen LogP contribution in [0.25, 0.3) is 0 Å². The minimum Gasteiger partial charge on any atom is -0.381 e. The Hall–Kier alpha value is -0.0800. The summed E-state index contributed by atoms with van der Waals surface area (Å²) in [5.74, 6) is 0. The largest absolute Gasteiger partial charge is 0.381 e. The molecule has 2 aliphatic rings. The molecule has 0 radical (unpaired) electrons. The minimum absolute atomic E-state index is 0.573. The number of piperidine rings is 1. The molecule has 1 N–H and O–H groups in total. The Kier molecular flexibility index (Phi) is 2.14. The molecule has 2 rings (SSSR count). The van der Waals surface area contributed by atoms with Gasteiger partial charge in [-0.2, -0.15) is 0 Å². The van der Waals surface area contributed by atoms with Crippen LogP contribution in [0.4, 0.5) is 0 Å². The lowest BCUT2D eigenvalue weighted by Crippen LogP contribution is -2.41. The van der Waals surface area contributed by atoms with E-state index in [4.69, 9.17) is 4.74 Å². The molecule has 11 heavy (non-hydrogen) atoms. The van der Waals surface area contributed by atoms with Crippen molar-refractivity contribution >= 4 is 0 Å². The van der Waals surface area contributed by atoms with Crippen LogP contribution in [0.5, 0.6) is 0 Å². The molecule has 2 saturated heterocycles. The molecule has 2 nitrogen and oxygen atoms in total. The van der Waals surface area contributed by atoms with Crippen LogP contribution in [0.1, 0.15) is 25.7 Å². The fourth-order valence-electron chi connectivity index (χ4n) is 2.26. The average molecular weight is 155 g/mol. The van der Waals surface area contributed by atoms with E-state index in [1.165, 1.54) is 38.8 Å². The van der Waals surface area contributed by atoms with Gasteiger partial charge < -0.3 is 10.1 Å². The van der Waals surface area contributed by atoms with Gasteiger partial charge in [-0.05, 0) is 44.2 Å². The van der Waals surface area contributed by atoms with Crippen molar-refractivity contribution in [1.29, 1.82) is 0 Å². The Morgan fingerprint density at radius 1 is 1.09 bits per heavy atom. The molecular weight excluding hydrogens is 138 g/mol. The van der Waals surface area contributed by atoms with Gasteiger partial charge in [-0.1, -0.05) is 0 Å². The standard InChI is InChI=1S/C9H17NO/c1-2-9(8-11-7-1)3-5-10-6-4-9/h10H,1-8H2. The fourth-order valence-corrected chi connectivity index (χ4v) is 2.26. The molecule has 0 atom stereocenters. The first kappa shape index (κ1) is 7.56. The van der Waals surface area contributed by atoms with E-state index in [1.807, 2.05) is 0 Å². The molecule has 2 heteroatoms. The van der Waals surface area contributed by atoms with Crippen LogP contribution in [0.3, 0.4) is 0 Å². The summed E-state index contributed by atoms with van der Waals surface area (Å²) in [4.78, 5) is 0. The summed E-state index contributed by atoms with van der Waals surface area (Å²) in [6, 6.07) is 0. The van der Waals surface area contributed by atoms with E-state index in [-0.39, 0.29) is 0 Å². The lowest BCUT2D eigenvalue weighted by molar-refractivity contribution is -0.0241. The molecule has 2 heterocycles. The third-order valence-corrected chi connectivity index (χ3v) is 3.07. The molecule has 0 aromatic carbocycles. The van der Waals surface area contributed by atoms with Crippen molar-refractivity contribution in [2.75, 3.05) is 26.3 Å². The van der Waals surface area contributed by atoms with Crippen molar-refractivity contribution in [2.45, 2.75) is 25.7 Å². The van der Waals surface area contributed by atoms with Gasteiger partial charge in [0.1, 0.15) is 0 Å². The Labute approximate surface area is 68.3 Å². The van der Waals surface area contributed by atoms with Crippen molar-refractivity contribution in [3.8, 4) is 0 Å². The molecule has 0 aromatic heterocycles. The van der Waals surface area contributed by atoms with E-state index < -0.39 is 0 Å². The third-order valence-electron chi connectivity index (χ3n) is 3.07. The number of hydrogen-bond acceptors (Lipinski definition) is 2. The first-order valence-electron chi connectivity index (χ1n) is 4.70. The van der Waals surface area contributed by atoms with Gasteiger partial charge >= 0.3 is 0 Å². The Morgan fingerprint density at radius 2 is 1.91 bits per heavy atom. The van der Waals surface area contributed by atoms with Gasteiger partial charge in [0.2, 0.25) is 0 Å². The number of rotatable bonds is 0. The topological polar surface area (TPSA) is 21.3 Å². The van der Waals surface area contributed by atoms with Gasteiger partial charge in [0.25, 0.3) is 0 Å². The fraction of sp³-hybridized carbons (Fsp3) is 1.00. The second-order valence-corrected chi connectivity index (χ2v) is 3.91. The SMILES string of the molecule is C1COCC2(C1)CCNCC2. The average Bonchev–Trinajstić information content (AvgIpc) is 2.07. The monoisotopic (exact) mass is 155 g/mol. The summed E-state index contributed by atoms with van der Waals surface area (Å²) < 4.78 is 5.54. The predicted molar refractivity (Wildman–Crippen MR) is 44.6 cm³/mol. The molecule has 1 spiro atoms. The number of ether oxygens (including phenoxy) is 1. The lowest BCUT2D eigenvalue weighted by atomic mass is 9.75. The number of hydrogen-bond donors (Lipinski definition) is 1. The normalized spacial score (nSPS) is 30.5. The summed E-state index contributed by atoms with van der Waals surface area (Å²) in [5, 5.41) is 3.40. The van der Waals surface area contributed by atoms with Gasteiger partial charge in [-0.15, -0.1) is 0 Å². The maximum atomic E-state index is 5.54. The molecule has 0 unspecified atom stereocenters. The maximum Gasteiger partial charge on any atom is 0.0523 e. The van der Waals surface area contributed by atoms with Gasteiger partial charge in [-0.25, -0.2) is 0 Å². The lowest BCUT2D eigenvalue weighted by Gasteiger charge is -2.40. The molecule has 0 aromatic rings. The molecule has 2 fully saturated rings. The summed E-state index contributed by atoms with van der Waals surface area (Å²) >= 11 is 0. The van der Waals surface area contributed by atoms with Crippen LogP contribution in [0, 0.1) is 5.41 Å². The van der Waals surface area contributed by atoms with Crippen molar-refractivity contribution in [2.24, 2.45) is 5.41 Å². The third kappa shape index (κ3) is 1.57. The number of nitrogens with one attached hydrogen (secondary N) is 1. The van der Waals surface area contributed by atoms with Gasteiger partial charge in [0.05, 0.1) is 6.61 Å². The molecule has 2 aliphatic heterocycles. The Balaban J connectivity index is 1.94. The highest BCUT2D eigenvalue weighted by molar-refractivity contribution is 4.86. The summed E-state index contributed by atoms with van der Waals surface area (Å²) in [6.07, 6.45) is 5.33. The van der Waals surface area contributed by atoms with Crippen LogP contribution in [-0.4, -0.2) is 26.3 Å². The summed E-state index contributed by atoms with van der Waals surface area (Å²) in [5.41, 5.74) is 0.573. The predicted octanol–water partition coefficient (Wildman–Crippen LogP) is 1.17. The zero-order valence-electron chi connectivity index (χ0n) is 7.07. The summed E-state index contributed by atoms with van der Waals surface area (Å²) in [6.45, 7) is 4.41. The first-order valence-corrected chi connectivity index (χ1v) is 4.70. The van der Waals surface area contributed by atoms with E-state index in [0.717, 1.165) is 13.2 Å². The van der Waals surface area contributed by atoms with Gasteiger partial charge in [0.15, 0.2) is 0 Å².